The molecule has 0 aliphatic heterocycles. The van der Waals surface area contributed by atoms with Crippen LogP contribution in [0.1, 0.15) is 30.8 Å². The van der Waals surface area contributed by atoms with Crippen LogP contribution in [0.2, 0.25) is 5.02 Å². The minimum Gasteiger partial charge on any atom is -0.490 e. The molecule has 0 unspecified atom stereocenters. The highest BCUT2D eigenvalue weighted by atomic mass is 79.9. The third kappa shape index (κ3) is 5.52. The molecule has 1 aromatic heterocycles. The number of hydrogen-bond acceptors (Lipinski definition) is 5. The van der Waals surface area contributed by atoms with Gasteiger partial charge in [0.05, 0.1) is 17.6 Å². The van der Waals surface area contributed by atoms with Gasteiger partial charge in [-0.15, -0.1) is 0 Å². The number of ether oxygens (including phenoxy) is 2. The van der Waals surface area contributed by atoms with E-state index in [0.717, 1.165) is 27.8 Å². The van der Waals surface area contributed by atoms with E-state index >= 15 is 0 Å². The van der Waals surface area contributed by atoms with Gasteiger partial charge in [0, 0.05) is 11.4 Å². The molecule has 3 rings (SSSR count). The number of aryl methyl sites for hydroxylation is 1. The van der Waals surface area contributed by atoms with Crippen molar-refractivity contribution in [3.05, 3.63) is 67.6 Å². The first-order chi connectivity index (χ1) is 14.0. The van der Waals surface area contributed by atoms with E-state index in [2.05, 4.69) is 31.6 Å². The number of rotatable bonds is 9. The lowest BCUT2D eigenvalue weighted by atomic mass is 10.2. The summed E-state index contributed by atoms with van der Waals surface area (Å²) in [6, 6.07) is 11.6. The zero-order chi connectivity index (χ0) is 20.8. The quantitative estimate of drug-likeness (QED) is 0.375. The van der Waals surface area contributed by atoms with Crippen LogP contribution in [0.3, 0.4) is 0 Å². The standard InChI is InChI=1S/C20H22BrClN4O2S/c1-3-18-24-25-20(29)26(18)23-11-14-9-16(21)19(17(10-14)27-4-2)28-12-13-6-5-7-15(22)8-13/h5-10,23H,3-4,11-12H2,1-2H3,(H,25,29). The van der Waals surface area contributed by atoms with Crippen LogP contribution in [0.4, 0.5) is 0 Å². The molecule has 0 spiro atoms. The molecule has 0 fully saturated rings. The first-order valence-electron chi connectivity index (χ1n) is 9.24. The molecule has 0 aliphatic rings. The Morgan fingerprint density at radius 3 is 2.76 bits per heavy atom. The zero-order valence-electron chi connectivity index (χ0n) is 16.2. The number of nitrogens with zero attached hydrogens (tertiary/aromatic N) is 2. The highest BCUT2D eigenvalue weighted by Crippen LogP contribution is 2.37. The van der Waals surface area contributed by atoms with Crippen LogP contribution in [0.5, 0.6) is 11.5 Å². The molecule has 3 aromatic rings. The van der Waals surface area contributed by atoms with Crippen molar-refractivity contribution >= 4 is 39.7 Å². The van der Waals surface area contributed by atoms with Crippen LogP contribution in [0.25, 0.3) is 0 Å². The summed E-state index contributed by atoms with van der Waals surface area (Å²) in [5.74, 6) is 2.18. The predicted molar refractivity (Wildman–Crippen MR) is 121 cm³/mol. The second kappa shape index (κ2) is 10.1. The number of hydrogen-bond donors (Lipinski definition) is 2. The maximum atomic E-state index is 6.06. The van der Waals surface area contributed by atoms with Crippen LogP contribution >= 0.6 is 39.7 Å². The van der Waals surface area contributed by atoms with Crippen molar-refractivity contribution in [2.45, 2.75) is 33.4 Å². The summed E-state index contributed by atoms with van der Waals surface area (Å²) in [5.41, 5.74) is 5.30. The third-order valence-corrected chi connectivity index (χ3v) is 5.24. The van der Waals surface area contributed by atoms with E-state index in [1.54, 1.807) is 4.68 Å². The van der Waals surface area contributed by atoms with E-state index in [1.807, 2.05) is 50.2 Å². The van der Waals surface area contributed by atoms with Crippen molar-refractivity contribution in [1.29, 1.82) is 0 Å². The third-order valence-electron chi connectivity index (χ3n) is 4.14. The van der Waals surface area contributed by atoms with Crippen molar-refractivity contribution in [2.75, 3.05) is 12.0 Å². The van der Waals surface area contributed by atoms with Crippen LogP contribution in [-0.2, 0) is 19.6 Å². The van der Waals surface area contributed by atoms with Gasteiger partial charge in [0.2, 0.25) is 4.77 Å². The van der Waals surface area contributed by atoms with E-state index in [1.165, 1.54) is 0 Å². The fraction of sp³-hybridized carbons (Fsp3) is 0.300. The number of aromatic amines is 1. The van der Waals surface area contributed by atoms with Gasteiger partial charge in [0.25, 0.3) is 0 Å². The molecule has 0 saturated heterocycles. The summed E-state index contributed by atoms with van der Waals surface area (Å²) >= 11 is 14.9. The summed E-state index contributed by atoms with van der Waals surface area (Å²) in [4.78, 5) is 0. The largest absolute Gasteiger partial charge is 0.490 e. The van der Waals surface area contributed by atoms with E-state index in [0.29, 0.717) is 41.1 Å². The number of aromatic nitrogens is 3. The van der Waals surface area contributed by atoms with Gasteiger partial charge in [0.1, 0.15) is 6.61 Å². The Morgan fingerprint density at radius 1 is 1.21 bits per heavy atom. The Balaban J connectivity index is 1.78. The molecule has 2 aromatic carbocycles. The van der Waals surface area contributed by atoms with Crippen LogP contribution < -0.4 is 14.9 Å². The van der Waals surface area contributed by atoms with Crippen LogP contribution in [0.15, 0.2) is 40.9 Å². The molecule has 0 aliphatic carbocycles. The molecule has 1 heterocycles. The van der Waals surface area contributed by atoms with Gasteiger partial charge in [-0.2, -0.15) is 5.10 Å². The molecule has 0 atom stereocenters. The molecule has 6 nitrogen and oxygen atoms in total. The van der Waals surface area contributed by atoms with Crippen molar-refractivity contribution in [3.63, 3.8) is 0 Å². The summed E-state index contributed by atoms with van der Waals surface area (Å²) in [5, 5.41) is 7.69. The topological polar surface area (TPSA) is 64.1 Å². The monoisotopic (exact) mass is 496 g/mol. The molecule has 9 heteroatoms. The Labute approximate surface area is 188 Å². The number of H-pyrrole nitrogens is 1. The molecule has 29 heavy (non-hydrogen) atoms. The molecular formula is C20H22BrClN4O2S. The number of nitrogens with one attached hydrogen (secondary N) is 2. The number of halogens is 2. The lowest BCUT2D eigenvalue weighted by Crippen LogP contribution is -2.17. The van der Waals surface area contributed by atoms with E-state index in [-0.39, 0.29) is 0 Å². The molecule has 0 amide bonds. The first-order valence-corrected chi connectivity index (χ1v) is 10.8. The summed E-state index contributed by atoms with van der Waals surface area (Å²) in [7, 11) is 0. The van der Waals surface area contributed by atoms with Crippen molar-refractivity contribution in [2.24, 2.45) is 0 Å². The van der Waals surface area contributed by atoms with Gasteiger partial charge < -0.3 is 14.9 Å². The Hall–Kier alpha value is -2.03. The molecule has 0 bridgehead atoms. The molecule has 2 N–H and O–H groups in total. The van der Waals surface area contributed by atoms with Gasteiger partial charge in [-0.3, -0.25) is 5.10 Å². The molecule has 0 saturated carbocycles. The Morgan fingerprint density at radius 2 is 2.03 bits per heavy atom. The fourth-order valence-corrected chi connectivity index (χ4v) is 3.84. The molecular weight excluding hydrogens is 476 g/mol. The molecule has 0 radical (unpaired) electrons. The van der Waals surface area contributed by atoms with Gasteiger partial charge in [0.15, 0.2) is 17.3 Å². The van der Waals surface area contributed by atoms with Crippen LogP contribution in [-0.4, -0.2) is 21.5 Å². The summed E-state index contributed by atoms with van der Waals surface area (Å²) in [6.07, 6.45) is 0.768. The highest BCUT2D eigenvalue weighted by molar-refractivity contribution is 9.10. The molecule has 154 valence electrons. The van der Waals surface area contributed by atoms with E-state index < -0.39 is 0 Å². The predicted octanol–water partition coefficient (Wildman–Crippen LogP) is 5.64. The number of benzene rings is 2. The average molecular weight is 498 g/mol. The first kappa shape index (κ1) is 21.7. The smallest absolute Gasteiger partial charge is 0.214 e. The van der Waals surface area contributed by atoms with Crippen molar-refractivity contribution < 1.29 is 9.47 Å². The fourth-order valence-electron chi connectivity index (χ4n) is 2.81. The second-order valence-electron chi connectivity index (χ2n) is 6.23. The van der Waals surface area contributed by atoms with Crippen molar-refractivity contribution in [3.8, 4) is 11.5 Å². The minimum absolute atomic E-state index is 0.390. The van der Waals surface area contributed by atoms with Gasteiger partial charge in [-0.05, 0) is 70.5 Å². The van der Waals surface area contributed by atoms with Gasteiger partial charge >= 0.3 is 0 Å². The Bertz CT molecular complexity index is 1040. The van der Waals surface area contributed by atoms with Crippen molar-refractivity contribution in [1.82, 2.24) is 14.9 Å². The summed E-state index contributed by atoms with van der Waals surface area (Å²) in [6.45, 7) is 5.44. The highest BCUT2D eigenvalue weighted by Gasteiger charge is 2.13. The maximum Gasteiger partial charge on any atom is 0.214 e. The SMILES string of the molecule is CCOc1cc(CNn2c(CC)n[nH]c2=S)cc(Br)c1OCc1cccc(Cl)c1. The zero-order valence-corrected chi connectivity index (χ0v) is 19.3. The minimum atomic E-state index is 0.390. The normalized spacial score (nSPS) is 10.8. The lowest BCUT2D eigenvalue weighted by Gasteiger charge is -2.16. The van der Waals surface area contributed by atoms with E-state index in [9.17, 15) is 0 Å². The van der Waals surface area contributed by atoms with Gasteiger partial charge in [-0.1, -0.05) is 30.7 Å². The second-order valence-corrected chi connectivity index (χ2v) is 7.90. The Kier molecular flexibility index (Phi) is 7.57. The maximum absolute atomic E-state index is 6.06. The van der Waals surface area contributed by atoms with E-state index in [4.69, 9.17) is 33.3 Å². The van der Waals surface area contributed by atoms with Crippen LogP contribution in [0, 0.1) is 4.77 Å². The average Bonchev–Trinajstić information content (AvgIpc) is 3.05. The van der Waals surface area contributed by atoms with Gasteiger partial charge in [-0.25, -0.2) is 4.68 Å². The summed E-state index contributed by atoms with van der Waals surface area (Å²) < 4.78 is 15.0. The lowest BCUT2D eigenvalue weighted by molar-refractivity contribution is 0.267.